The van der Waals surface area contributed by atoms with Crippen molar-refractivity contribution >= 4 is 5.91 Å². The molecule has 2 aliphatic rings. The molecule has 2 unspecified atom stereocenters. The lowest BCUT2D eigenvalue weighted by Crippen LogP contribution is -2.59. The van der Waals surface area contributed by atoms with Crippen molar-refractivity contribution in [1.82, 2.24) is 15.1 Å². The molecule has 1 aromatic carbocycles. The number of fused-ring (bicyclic) bond motifs is 1. The van der Waals surface area contributed by atoms with Crippen LogP contribution in [0.1, 0.15) is 47.7 Å². The second-order valence-electron chi connectivity index (χ2n) is 6.89. The standard InChI is InChI=1S/C19H23N3O/c1-22-16(11-12-20-22)19(23)21-18-15-10-6-5-9-14(15)17(18)13-7-3-2-4-8-13/h2-4,7-8,11-12,14-15,17-18H,5-6,9-10H2,1H3,(H,21,23)/t14?,15?,17-,18-/m0/s1. The normalized spacial score (nSPS) is 29.4. The van der Waals surface area contributed by atoms with E-state index in [2.05, 4.69) is 40.7 Å². The molecule has 1 heterocycles. The van der Waals surface area contributed by atoms with Crippen molar-refractivity contribution in [2.24, 2.45) is 18.9 Å². The molecule has 23 heavy (non-hydrogen) atoms. The molecule has 1 amide bonds. The molecule has 4 atom stereocenters. The summed E-state index contributed by atoms with van der Waals surface area (Å²) in [5, 5.41) is 7.41. The fraction of sp³-hybridized carbons (Fsp3) is 0.474. The van der Waals surface area contributed by atoms with E-state index in [4.69, 9.17) is 0 Å². The van der Waals surface area contributed by atoms with E-state index >= 15 is 0 Å². The maximum absolute atomic E-state index is 12.6. The van der Waals surface area contributed by atoms with Gasteiger partial charge in [0.25, 0.3) is 5.91 Å². The maximum Gasteiger partial charge on any atom is 0.269 e. The van der Waals surface area contributed by atoms with E-state index in [1.54, 1.807) is 16.9 Å². The van der Waals surface area contributed by atoms with Crippen molar-refractivity contribution in [3.63, 3.8) is 0 Å². The van der Waals surface area contributed by atoms with Gasteiger partial charge in [0, 0.05) is 25.2 Å². The second-order valence-corrected chi connectivity index (χ2v) is 6.89. The number of amides is 1. The number of carbonyl (C=O) groups is 1. The highest BCUT2D eigenvalue weighted by atomic mass is 16.2. The summed E-state index contributed by atoms with van der Waals surface area (Å²) in [6.07, 6.45) is 6.83. The molecular formula is C19H23N3O. The Labute approximate surface area is 136 Å². The smallest absolute Gasteiger partial charge is 0.269 e. The van der Waals surface area contributed by atoms with Crippen molar-refractivity contribution < 1.29 is 4.79 Å². The van der Waals surface area contributed by atoms with E-state index in [0.717, 1.165) is 5.92 Å². The monoisotopic (exact) mass is 309 g/mol. The number of benzene rings is 1. The van der Waals surface area contributed by atoms with Gasteiger partial charge in [0.1, 0.15) is 5.69 Å². The minimum Gasteiger partial charge on any atom is -0.347 e. The van der Waals surface area contributed by atoms with Crippen molar-refractivity contribution in [2.45, 2.75) is 37.6 Å². The van der Waals surface area contributed by atoms with Crippen LogP contribution in [0.3, 0.4) is 0 Å². The summed E-state index contributed by atoms with van der Waals surface area (Å²) in [6.45, 7) is 0. The van der Waals surface area contributed by atoms with Crippen LogP contribution >= 0.6 is 0 Å². The highest BCUT2D eigenvalue weighted by molar-refractivity contribution is 5.92. The van der Waals surface area contributed by atoms with Crippen molar-refractivity contribution in [2.75, 3.05) is 0 Å². The SMILES string of the molecule is Cn1nccc1C(=O)N[C@H]1C2CCCCC2[C@@H]1c1ccccc1. The van der Waals surface area contributed by atoms with E-state index in [-0.39, 0.29) is 11.9 Å². The van der Waals surface area contributed by atoms with Gasteiger partial charge in [-0.25, -0.2) is 0 Å². The van der Waals surface area contributed by atoms with Crippen LogP contribution in [0.15, 0.2) is 42.6 Å². The molecule has 4 nitrogen and oxygen atoms in total. The van der Waals surface area contributed by atoms with Crippen LogP contribution in [0.25, 0.3) is 0 Å². The first kappa shape index (κ1) is 14.5. The Morgan fingerprint density at radius 2 is 1.87 bits per heavy atom. The number of rotatable bonds is 3. The summed E-state index contributed by atoms with van der Waals surface area (Å²) in [5.74, 6) is 1.81. The number of hydrogen-bond donors (Lipinski definition) is 1. The molecule has 0 radical (unpaired) electrons. The Morgan fingerprint density at radius 3 is 2.57 bits per heavy atom. The summed E-state index contributed by atoms with van der Waals surface area (Å²) < 4.78 is 1.64. The van der Waals surface area contributed by atoms with E-state index in [0.29, 0.717) is 17.5 Å². The van der Waals surface area contributed by atoms with Gasteiger partial charge in [-0.3, -0.25) is 9.48 Å². The van der Waals surface area contributed by atoms with Gasteiger partial charge in [-0.15, -0.1) is 0 Å². The van der Waals surface area contributed by atoms with Crippen molar-refractivity contribution in [3.05, 3.63) is 53.9 Å². The molecule has 1 aromatic heterocycles. The van der Waals surface area contributed by atoms with E-state index < -0.39 is 0 Å². The largest absolute Gasteiger partial charge is 0.347 e. The van der Waals surface area contributed by atoms with Crippen LogP contribution < -0.4 is 5.32 Å². The van der Waals surface area contributed by atoms with Crippen LogP contribution in [0, 0.1) is 11.8 Å². The van der Waals surface area contributed by atoms with Gasteiger partial charge in [-0.05, 0) is 36.3 Å². The first-order valence-corrected chi connectivity index (χ1v) is 8.59. The summed E-state index contributed by atoms with van der Waals surface area (Å²) in [4.78, 5) is 12.6. The predicted molar refractivity (Wildman–Crippen MR) is 89.1 cm³/mol. The van der Waals surface area contributed by atoms with Gasteiger partial charge in [-0.2, -0.15) is 5.10 Å². The lowest BCUT2D eigenvalue weighted by molar-refractivity contribution is 0.0249. The zero-order valence-corrected chi connectivity index (χ0v) is 13.5. The minimum absolute atomic E-state index is 0.0000420. The average Bonchev–Trinajstić information content (AvgIpc) is 3.00. The zero-order chi connectivity index (χ0) is 15.8. The Hall–Kier alpha value is -2.10. The number of aromatic nitrogens is 2. The van der Waals surface area contributed by atoms with Crippen LogP contribution in [0.4, 0.5) is 0 Å². The van der Waals surface area contributed by atoms with E-state index in [1.807, 2.05) is 7.05 Å². The zero-order valence-electron chi connectivity index (χ0n) is 13.5. The lowest BCUT2D eigenvalue weighted by Gasteiger charge is -2.55. The molecule has 2 saturated carbocycles. The van der Waals surface area contributed by atoms with Gasteiger partial charge in [0.2, 0.25) is 0 Å². The molecule has 2 fully saturated rings. The maximum atomic E-state index is 12.6. The molecule has 120 valence electrons. The third-order valence-electron chi connectivity index (χ3n) is 5.72. The highest BCUT2D eigenvalue weighted by Crippen LogP contribution is 2.54. The molecule has 0 spiro atoms. The quantitative estimate of drug-likeness (QED) is 0.947. The van der Waals surface area contributed by atoms with Gasteiger partial charge in [-0.1, -0.05) is 43.2 Å². The third kappa shape index (κ3) is 2.46. The van der Waals surface area contributed by atoms with Crippen LogP contribution in [0.2, 0.25) is 0 Å². The minimum atomic E-state index is -0.0000420. The average molecular weight is 309 g/mol. The van der Waals surface area contributed by atoms with Gasteiger partial charge < -0.3 is 5.32 Å². The number of carbonyl (C=O) groups excluding carboxylic acids is 1. The summed E-state index contributed by atoms with van der Waals surface area (Å²) in [6, 6.07) is 12.7. The molecule has 0 saturated heterocycles. The number of nitrogens with one attached hydrogen (secondary N) is 1. The fourth-order valence-corrected chi connectivity index (χ4v) is 4.62. The molecule has 1 N–H and O–H groups in total. The van der Waals surface area contributed by atoms with Crippen molar-refractivity contribution in [3.8, 4) is 0 Å². The third-order valence-corrected chi connectivity index (χ3v) is 5.72. The predicted octanol–water partition coefficient (Wildman–Crippen LogP) is 3.12. The van der Waals surface area contributed by atoms with E-state index in [1.165, 1.54) is 31.2 Å². The van der Waals surface area contributed by atoms with Crippen LogP contribution in [-0.2, 0) is 7.05 Å². The Balaban J connectivity index is 1.57. The number of nitrogens with zero attached hydrogens (tertiary/aromatic N) is 2. The second kappa shape index (κ2) is 5.84. The molecule has 4 rings (SSSR count). The Morgan fingerprint density at radius 1 is 1.13 bits per heavy atom. The molecule has 0 bridgehead atoms. The van der Waals surface area contributed by atoms with Gasteiger partial charge in [0.05, 0.1) is 0 Å². The van der Waals surface area contributed by atoms with Gasteiger partial charge in [0.15, 0.2) is 0 Å². The summed E-state index contributed by atoms with van der Waals surface area (Å²) in [7, 11) is 1.81. The first-order chi connectivity index (χ1) is 11.3. The summed E-state index contributed by atoms with van der Waals surface area (Å²) in [5.41, 5.74) is 2.00. The number of hydrogen-bond acceptors (Lipinski definition) is 2. The molecule has 4 heteroatoms. The van der Waals surface area contributed by atoms with Crippen LogP contribution in [-0.4, -0.2) is 21.7 Å². The Bertz CT molecular complexity index is 694. The molecule has 2 aliphatic carbocycles. The summed E-state index contributed by atoms with van der Waals surface area (Å²) >= 11 is 0. The molecule has 0 aliphatic heterocycles. The first-order valence-electron chi connectivity index (χ1n) is 8.59. The lowest BCUT2D eigenvalue weighted by atomic mass is 9.53. The number of aryl methyl sites for hydroxylation is 1. The van der Waals surface area contributed by atoms with E-state index in [9.17, 15) is 4.79 Å². The Kier molecular flexibility index (Phi) is 3.68. The molecular weight excluding hydrogens is 286 g/mol. The fourth-order valence-electron chi connectivity index (χ4n) is 4.62. The molecule has 2 aromatic rings. The highest BCUT2D eigenvalue weighted by Gasteiger charge is 2.51. The van der Waals surface area contributed by atoms with Crippen LogP contribution in [0.5, 0.6) is 0 Å². The topological polar surface area (TPSA) is 46.9 Å². The van der Waals surface area contributed by atoms with Crippen molar-refractivity contribution in [1.29, 1.82) is 0 Å². The van der Waals surface area contributed by atoms with Gasteiger partial charge >= 0.3 is 0 Å².